The van der Waals surface area contributed by atoms with Crippen LogP contribution in [0.5, 0.6) is 0 Å². The number of aromatic nitrogens is 4. The smallest absolute Gasteiger partial charge is 0.367 e. The van der Waals surface area contributed by atoms with E-state index < -0.39 is 17.6 Å². The number of hydrogen-bond donors (Lipinski definition) is 2. The zero-order valence-corrected chi connectivity index (χ0v) is 19.6. The molecule has 36 heavy (non-hydrogen) atoms. The van der Waals surface area contributed by atoms with Crippen LogP contribution in [0.4, 0.5) is 23.4 Å². The molecule has 3 heterocycles. The Kier molecular flexibility index (Phi) is 5.46. The van der Waals surface area contributed by atoms with Crippen LogP contribution in [0.15, 0.2) is 48.8 Å². The van der Waals surface area contributed by atoms with Crippen LogP contribution in [0.3, 0.4) is 0 Å². The van der Waals surface area contributed by atoms with Crippen LogP contribution in [0.25, 0.3) is 33.7 Å². The van der Waals surface area contributed by atoms with E-state index in [9.17, 15) is 17.6 Å². The number of nitrogens with one attached hydrogen (secondary N) is 2. The van der Waals surface area contributed by atoms with E-state index in [0.717, 1.165) is 18.3 Å². The molecule has 2 N–H and O–H groups in total. The van der Waals surface area contributed by atoms with E-state index in [1.807, 2.05) is 0 Å². The SMILES string of the molecule is CC1C2CCC(CC2)C1Nc1cc(-c2cccc(C(F)(F)F)c2)nc(-c2c[nH]c3ncc(F)cc23)n1. The van der Waals surface area contributed by atoms with Crippen molar-refractivity contribution in [2.45, 2.75) is 44.8 Å². The second-order valence-corrected chi connectivity index (χ2v) is 10.00. The Morgan fingerprint density at radius 1 is 1.00 bits per heavy atom. The Morgan fingerprint density at radius 2 is 1.78 bits per heavy atom. The predicted molar refractivity (Wildman–Crippen MR) is 130 cm³/mol. The minimum absolute atomic E-state index is 0.233. The molecule has 1 aromatic carbocycles. The van der Waals surface area contributed by atoms with E-state index >= 15 is 0 Å². The first-order valence-corrected chi connectivity index (χ1v) is 12.2. The molecule has 5 nitrogen and oxygen atoms in total. The fourth-order valence-electron chi connectivity index (χ4n) is 5.98. The van der Waals surface area contributed by atoms with Crippen molar-refractivity contribution < 1.29 is 17.6 Å². The lowest BCUT2D eigenvalue weighted by atomic mass is 9.62. The molecule has 0 amide bonds. The molecular weight excluding hydrogens is 470 g/mol. The van der Waals surface area contributed by atoms with Gasteiger partial charge in [-0.2, -0.15) is 13.2 Å². The molecule has 2 unspecified atom stereocenters. The lowest BCUT2D eigenvalue weighted by molar-refractivity contribution is -0.137. The summed E-state index contributed by atoms with van der Waals surface area (Å²) in [5, 5.41) is 4.11. The standard InChI is InChI=1S/C27H25F4N5/c1-14-15-5-7-16(8-6-15)24(14)35-23-11-22(17-3-2-4-18(9-17)27(29,30)31)34-26(36-23)21-13-33-25-20(21)10-19(28)12-32-25/h2-4,9-16,24H,5-8H2,1H3,(H,32,33)(H,34,35,36). The minimum atomic E-state index is -4.47. The van der Waals surface area contributed by atoms with Crippen molar-refractivity contribution >= 4 is 16.9 Å². The highest BCUT2D eigenvalue weighted by atomic mass is 19.4. The van der Waals surface area contributed by atoms with Crippen LogP contribution < -0.4 is 5.32 Å². The summed E-state index contributed by atoms with van der Waals surface area (Å²) in [6.45, 7) is 2.26. The maximum atomic E-state index is 14.0. The summed E-state index contributed by atoms with van der Waals surface area (Å²) >= 11 is 0. The van der Waals surface area contributed by atoms with Gasteiger partial charge in [-0.25, -0.2) is 19.3 Å². The molecule has 3 aliphatic rings. The van der Waals surface area contributed by atoms with E-state index in [2.05, 4.69) is 27.2 Å². The van der Waals surface area contributed by atoms with Crippen molar-refractivity contribution in [3.8, 4) is 22.6 Å². The van der Waals surface area contributed by atoms with E-state index in [-0.39, 0.29) is 6.04 Å². The number of halogens is 4. The van der Waals surface area contributed by atoms with E-state index in [1.54, 1.807) is 18.3 Å². The van der Waals surface area contributed by atoms with Gasteiger partial charge in [0.15, 0.2) is 5.82 Å². The molecule has 3 saturated carbocycles. The van der Waals surface area contributed by atoms with Crippen LogP contribution in [0, 0.1) is 23.6 Å². The second kappa shape index (κ2) is 8.57. The minimum Gasteiger partial charge on any atom is -0.367 e. The summed E-state index contributed by atoms with van der Waals surface area (Å²) < 4.78 is 54.3. The molecule has 0 aliphatic heterocycles. The summed E-state index contributed by atoms with van der Waals surface area (Å²) in [6, 6.07) is 8.41. The third-order valence-electron chi connectivity index (χ3n) is 7.90. The largest absolute Gasteiger partial charge is 0.416 e. The summed E-state index contributed by atoms with van der Waals surface area (Å²) in [6.07, 6.45) is 3.11. The van der Waals surface area contributed by atoms with Crippen molar-refractivity contribution in [2.24, 2.45) is 17.8 Å². The Balaban J connectivity index is 1.47. The third kappa shape index (κ3) is 4.10. The van der Waals surface area contributed by atoms with Crippen molar-refractivity contribution in [3.63, 3.8) is 0 Å². The number of fused-ring (bicyclic) bond motifs is 4. The molecule has 0 saturated heterocycles. The molecule has 2 atom stereocenters. The second-order valence-electron chi connectivity index (χ2n) is 10.00. The fourth-order valence-corrected chi connectivity index (χ4v) is 5.98. The average molecular weight is 496 g/mol. The van der Waals surface area contributed by atoms with Gasteiger partial charge in [0.2, 0.25) is 0 Å². The maximum absolute atomic E-state index is 14.0. The lowest BCUT2D eigenvalue weighted by Gasteiger charge is -2.47. The van der Waals surface area contributed by atoms with Crippen LogP contribution in [-0.4, -0.2) is 26.0 Å². The first-order valence-electron chi connectivity index (χ1n) is 12.2. The first-order chi connectivity index (χ1) is 17.3. The van der Waals surface area contributed by atoms with Gasteiger partial charge in [0.05, 0.1) is 17.5 Å². The molecule has 4 aromatic rings. The zero-order valence-electron chi connectivity index (χ0n) is 19.6. The van der Waals surface area contributed by atoms with Crippen molar-refractivity contribution in [1.82, 2.24) is 19.9 Å². The van der Waals surface area contributed by atoms with Crippen molar-refractivity contribution in [3.05, 3.63) is 60.2 Å². The Hall–Kier alpha value is -3.49. The van der Waals surface area contributed by atoms with E-state index in [0.29, 0.717) is 57.3 Å². The number of rotatable bonds is 4. The van der Waals surface area contributed by atoms with E-state index in [1.165, 1.54) is 37.8 Å². The first kappa shape index (κ1) is 22.9. The molecule has 7 rings (SSSR count). The fraction of sp³-hybridized carbons (Fsp3) is 0.370. The van der Waals surface area contributed by atoms with Gasteiger partial charge in [-0.15, -0.1) is 0 Å². The molecule has 3 aromatic heterocycles. The molecule has 3 aliphatic carbocycles. The zero-order chi connectivity index (χ0) is 25.0. The maximum Gasteiger partial charge on any atom is 0.416 e. The van der Waals surface area contributed by atoms with Gasteiger partial charge in [-0.1, -0.05) is 19.1 Å². The highest BCUT2D eigenvalue weighted by Crippen LogP contribution is 2.46. The number of aromatic amines is 1. The Morgan fingerprint density at radius 3 is 2.53 bits per heavy atom. The average Bonchev–Trinajstić information content (AvgIpc) is 3.29. The summed E-state index contributed by atoms with van der Waals surface area (Å²) in [4.78, 5) is 16.4. The highest BCUT2D eigenvalue weighted by Gasteiger charge is 2.41. The summed E-state index contributed by atoms with van der Waals surface area (Å²) in [5.41, 5.74) is 0.963. The Bertz CT molecular complexity index is 1420. The number of hydrogen-bond acceptors (Lipinski definition) is 4. The predicted octanol–water partition coefficient (Wildman–Crippen LogP) is 7.08. The quantitative estimate of drug-likeness (QED) is 0.297. The molecule has 186 valence electrons. The van der Waals surface area contributed by atoms with Gasteiger partial charge in [0.25, 0.3) is 0 Å². The topological polar surface area (TPSA) is 66.5 Å². The third-order valence-corrected chi connectivity index (χ3v) is 7.90. The molecule has 2 bridgehead atoms. The van der Waals surface area contributed by atoms with E-state index in [4.69, 9.17) is 4.98 Å². The number of alkyl halides is 3. The van der Waals surface area contributed by atoms with Crippen molar-refractivity contribution in [1.29, 1.82) is 0 Å². The molecular formula is C27H25F4N5. The normalized spacial score (nSPS) is 23.8. The van der Waals surface area contributed by atoms with Crippen LogP contribution >= 0.6 is 0 Å². The van der Waals surface area contributed by atoms with Gasteiger partial charge in [0.1, 0.15) is 17.3 Å². The van der Waals surface area contributed by atoms with Crippen molar-refractivity contribution in [2.75, 3.05) is 5.32 Å². The Labute approximate surface area is 205 Å². The van der Waals surface area contributed by atoms with Gasteiger partial charge >= 0.3 is 6.18 Å². The summed E-state index contributed by atoms with van der Waals surface area (Å²) in [7, 11) is 0. The van der Waals surface area contributed by atoms with Crippen LogP contribution in [0.1, 0.15) is 38.2 Å². The molecule has 0 spiro atoms. The molecule has 0 radical (unpaired) electrons. The van der Waals surface area contributed by atoms with Gasteiger partial charge in [0, 0.05) is 34.8 Å². The van der Waals surface area contributed by atoms with Gasteiger partial charge < -0.3 is 10.3 Å². The summed E-state index contributed by atoms with van der Waals surface area (Å²) in [5.74, 6) is 2.02. The van der Waals surface area contributed by atoms with Gasteiger partial charge in [-0.05, 0) is 61.6 Å². The molecule has 9 heteroatoms. The number of pyridine rings is 1. The molecule has 3 fully saturated rings. The number of H-pyrrole nitrogens is 1. The monoisotopic (exact) mass is 495 g/mol. The number of benzene rings is 1. The van der Waals surface area contributed by atoms with Crippen LogP contribution in [0.2, 0.25) is 0 Å². The van der Waals surface area contributed by atoms with Crippen LogP contribution in [-0.2, 0) is 6.18 Å². The van der Waals surface area contributed by atoms with Gasteiger partial charge in [-0.3, -0.25) is 0 Å². The highest BCUT2D eigenvalue weighted by molar-refractivity contribution is 5.92. The lowest BCUT2D eigenvalue weighted by Crippen LogP contribution is -2.47. The number of nitrogens with zero attached hydrogens (tertiary/aromatic N) is 3. The number of anilines is 1.